The van der Waals surface area contributed by atoms with E-state index in [9.17, 15) is 9.59 Å². The largest absolute Gasteiger partial charge is 1.00 e. The van der Waals surface area contributed by atoms with Crippen molar-refractivity contribution in [3.05, 3.63) is 18.7 Å². The predicted octanol–water partition coefficient (Wildman–Crippen LogP) is -1.09. The molecule has 7 nitrogen and oxygen atoms in total. The van der Waals surface area contributed by atoms with Gasteiger partial charge in [-0.05, 0) is 47.0 Å². The number of halogens is 1. The minimum atomic E-state index is -0.607. The second-order valence-corrected chi connectivity index (χ2v) is 7.39. The van der Waals surface area contributed by atoms with Gasteiger partial charge in [0.05, 0.1) is 13.6 Å². The number of unbranched alkanes of at least 4 members (excludes halogenated alkanes) is 3. The van der Waals surface area contributed by atoms with Crippen LogP contribution in [0, 0.1) is 0 Å². The molecule has 1 aromatic rings. The lowest BCUT2D eigenvalue weighted by atomic mass is 10.2. The molecule has 0 bridgehead atoms. The lowest BCUT2D eigenvalue weighted by Gasteiger charge is -2.21. The lowest BCUT2D eigenvalue weighted by Crippen LogP contribution is -3.00. The first-order valence-electron chi connectivity index (χ1n) is 8.95. The van der Waals surface area contributed by atoms with Crippen LogP contribution in [0.25, 0.3) is 0 Å². The molecule has 0 aliphatic rings. The van der Waals surface area contributed by atoms with Crippen LogP contribution in [0.3, 0.4) is 0 Å². The van der Waals surface area contributed by atoms with Gasteiger partial charge in [0.15, 0.2) is 0 Å². The molecule has 0 saturated carbocycles. The molecule has 1 rings (SSSR count). The minimum absolute atomic E-state index is 0. The highest BCUT2D eigenvalue weighted by molar-refractivity contribution is 5.85. The Morgan fingerprint density at radius 2 is 1.85 bits per heavy atom. The summed E-state index contributed by atoms with van der Waals surface area (Å²) in [5.74, 6) is -0.189. The van der Waals surface area contributed by atoms with Crippen molar-refractivity contribution >= 4 is 12.0 Å². The Labute approximate surface area is 173 Å². The molecule has 0 fully saturated rings. The Morgan fingerprint density at radius 3 is 2.42 bits per heavy atom. The third-order valence-corrected chi connectivity index (χ3v) is 3.59. The zero-order valence-electron chi connectivity index (χ0n) is 16.5. The SMILES string of the molecule is C[C@H](NC(=O)OC(C)(C)C)C(=O)NCCCCCCn1cc[n+](C)c1.[I-]. The molecule has 2 N–H and O–H groups in total. The molecule has 0 aliphatic carbocycles. The van der Waals surface area contributed by atoms with Crippen LogP contribution in [-0.2, 0) is 23.1 Å². The maximum atomic E-state index is 11.9. The summed E-state index contributed by atoms with van der Waals surface area (Å²) in [5, 5.41) is 5.38. The van der Waals surface area contributed by atoms with E-state index in [-0.39, 0.29) is 29.9 Å². The van der Waals surface area contributed by atoms with Crippen molar-refractivity contribution in [2.45, 2.75) is 71.6 Å². The standard InChI is InChI=1S/C18H32N4O3.HI/c1-15(20-17(24)25-18(2,3)4)16(23)19-10-8-6-7-9-11-22-13-12-21(5)14-22;/h12-15H,6-11H2,1-5H3,(H-,19,20,23,24);1H/t15-;/m0./s1. The summed E-state index contributed by atoms with van der Waals surface area (Å²) in [6.07, 6.45) is 9.85. The number of aromatic nitrogens is 2. The summed E-state index contributed by atoms with van der Waals surface area (Å²) < 4.78 is 9.34. The summed E-state index contributed by atoms with van der Waals surface area (Å²) in [5.41, 5.74) is -0.571. The molecule has 0 aliphatic heterocycles. The van der Waals surface area contributed by atoms with Crippen LogP contribution in [0.5, 0.6) is 0 Å². The second kappa shape index (κ2) is 12.1. The number of imidazole rings is 1. The third kappa shape index (κ3) is 11.3. The highest BCUT2D eigenvalue weighted by Gasteiger charge is 2.20. The fourth-order valence-electron chi connectivity index (χ4n) is 2.32. The van der Waals surface area contributed by atoms with Gasteiger partial charge < -0.3 is 39.3 Å². The molecule has 0 saturated heterocycles. The van der Waals surface area contributed by atoms with E-state index >= 15 is 0 Å². The highest BCUT2D eigenvalue weighted by atomic mass is 127. The molecule has 0 spiro atoms. The number of rotatable bonds is 9. The molecule has 1 atom stereocenters. The molecule has 0 unspecified atom stereocenters. The summed E-state index contributed by atoms with van der Waals surface area (Å²) in [6, 6.07) is -0.607. The van der Waals surface area contributed by atoms with E-state index in [0.717, 1.165) is 32.2 Å². The van der Waals surface area contributed by atoms with Gasteiger partial charge in [-0.25, -0.2) is 13.9 Å². The zero-order chi connectivity index (χ0) is 18.9. The van der Waals surface area contributed by atoms with Crippen molar-refractivity contribution in [1.29, 1.82) is 0 Å². The number of hydrogen-bond donors (Lipinski definition) is 2. The summed E-state index contributed by atoms with van der Waals surface area (Å²) in [7, 11) is 2.01. The maximum absolute atomic E-state index is 11.9. The first-order valence-corrected chi connectivity index (χ1v) is 8.95. The minimum Gasteiger partial charge on any atom is -1.00 e. The number of nitrogens with zero attached hydrogens (tertiary/aromatic N) is 2. The molecule has 0 radical (unpaired) electrons. The maximum Gasteiger partial charge on any atom is 0.408 e. The van der Waals surface area contributed by atoms with Crippen LogP contribution in [0.15, 0.2) is 18.7 Å². The van der Waals surface area contributed by atoms with Crippen molar-refractivity contribution in [3.8, 4) is 0 Å². The first kappa shape index (κ1) is 24.7. The van der Waals surface area contributed by atoms with E-state index in [1.165, 1.54) is 0 Å². The predicted molar refractivity (Wildman–Crippen MR) is 95.9 cm³/mol. The molecule has 1 heterocycles. The number of ether oxygens (including phenoxy) is 1. The number of aryl methyl sites for hydroxylation is 2. The molecule has 150 valence electrons. The van der Waals surface area contributed by atoms with Crippen LogP contribution in [-0.4, -0.2) is 34.8 Å². The average molecular weight is 480 g/mol. The molecule has 1 aromatic heterocycles. The number of carbonyl (C=O) groups excluding carboxylic acids is 2. The van der Waals surface area contributed by atoms with E-state index in [2.05, 4.69) is 27.7 Å². The Hall–Kier alpha value is -1.32. The Morgan fingerprint density at radius 1 is 1.19 bits per heavy atom. The van der Waals surface area contributed by atoms with Gasteiger partial charge in [-0.1, -0.05) is 6.42 Å². The van der Waals surface area contributed by atoms with E-state index in [1.807, 2.05) is 17.8 Å². The van der Waals surface area contributed by atoms with Gasteiger partial charge >= 0.3 is 6.09 Å². The molecular weight excluding hydrogens is 447 g/mol. The van der Waals surface area contributed by atoms with Crippen LogP contribution < -0.4 is 39.2 Å². The average Bonchev–Trinajstić information content (AvgIpc) is 2.89. The molecule has 26 heavy (non-hydrogen) atoms. The van der Waals surface area contributed by atoms with E-state index in [4.69, 9.17) is 4.74 Å². The number of carbonyl (C=O) groups is 2. The summed E-state index contributed by atoms with van der Waals surface area (Å²) in [4.78, 5) is 23.6. The number of nitrogens with one attached hydrogen (secondary N) is 2. The summed E-state index contributed by atoms with van der Waals surface area (Å²) in [6.45, 7) is 8.65. The van der Waals surface area contributed by atoms with E-state index < -0.39 is 17.7 Å². The monoisotopic (exact) mass is 480 g/mol. The van der Waals surface area contributed by atoms with E-state index in [1.54, 1.807) is 27.7 Å². The lowest BCUT2D eigenvalue weighted by molar-refractivity contribution is -0.671. The van der Waals surface area contributed by atoms with Crippen LogP contribution in [0.2, 0.25) is 0 Å². The summed E-state index contributed by atoms with van der Waals surface area (Å²) >= 11 is 0. The number of alkyl carbamates (subject to hydrolysis) is 1. The van der Waals surface area contributed by atoms with Gasteiger partial charge in [0.2, 0.25) is 12.2 Å². The smallest absolute Gasteiger partial charge is 0.408 e. The number of hydrogen-bond acceptors (Lipinski definition) is 3. The van der Waals surface area contributed by atoms with Gasteiger partial charge in [-0.15, -0.1) is 0 Å². The normalized spacial score (nSPS) is 12.0. The first-order chi connectivity index (χ1) is 11.7. The van der Waals surface area contributed by atoms with Gasteiger partial charge in [-0.2, -0.15) is 0 Å². The van der Waals surface area contributed by atoms with Crippen molar-refractivity contribution in [1.82, 2.24) is 15.2 Å². The van der Waals surface area contributed by atoms with Crippen LogP contribution >= 0.6 is 0 Å². The molecular formula is C18H33IN4O3. The molecule has 8 heteroatoms. The van der Waals surface area contributed by atoms with Gasteiger partial charge in [-0.3, -0.25) is 4.79 Å². The fraction of sp³-hybridized carbons (Fsp3) is 0.722. The van der Waals surface area contributed by atoms with Crippen molar-refractivity contribution in [2.75, 3.05) is 6.54 Å². The van der Waals surface area contributed by atoms with Gasteiger partial charge in [0.25, 0.3) is 0 Å². The second-order valence-electron chi connectivity index (χ2n) is 7.39. The molecule has 0 aromatic carbocycles. The Kier molecular flexibility index (Phi) is 11.5. The van der Waals surface area contributed by atoms with Crippen molar-refractivity contribution < 1.29 is 42.9 Å². The van der Waals surface area contributed by atoms with Crippen LogP contribution in [0.4, 0.5) is 4.79 Å². The van der Waals surface area contributed by atoms with E-state index in [0.29, 0.717) is 6.54 Å². The van der Waals surface area contributed by atoms with Gasteiger partial charge in [0.1, 0.15) is 24.0 Å². The zero-order valence-corrected chi connectivity index (χ0v) is 18.7. The Balaban J connectivity index is 0.00000625. The topological polar surface area (TPSA) is 76.2 Å². The van der Waals surface area contributed by atoms with Gasteiger partial charge in [0, 0.05) is 6.54 Å². The Bertz CT molecular complexity index is 555. The fourth-order valence-corrected chi connectivity index (χ4v) is 2.32. The number of amides is 2. The molecule has 2 amide bonds. The third-order valence-electron chi connectivity index (χ3n) is 3.59. The quantitative estimate of drug-likeness (QED) is 0.268. The van der Waals surface area contributed by atoms with Crippen LogP contribution in [0.1, 0.15) is 53.4 Å². The highest BCUT2D eigenvalue weighted by Crippen LogP contribution is 2.06. The van der Waals surface area contributed by atoms with Crippen molar-refractivity contribution in [3.63, 3.8) is 0 Å². The van der Waals surface area contributed by atoms with Crippen molar-refractivity contribution in [2.24, 2.45) is 7.05 Å².